The van der Waals surface area contributed by atoms with Gasteiger partial charge >= 0.3 is 6.01 Å². The fourth-order valence-electron chi connectivity index (χ4n) is 4.15. The number of para-hydroxylation sites is 1. The fraction of sp³-hybridized carbons (Fsp3) is 0.333. The maximum absolute atomic E-state index is 10.7. The van der Waals surface area contributed by atoms with E-state index in [1.807, 2.05) is 38.9 Å². The molecule has 9 heteroatoms. The number of aliphatic imine (C=N–C) groups is 1. The van der Waals surface area contributed by atoms with E-state index in [9.17, 15) is 5.11 Å². The zero-order chi connectivity index (χ0) is 18.0. The van der Waals surface area contributed by atoms with Crippen LogP contribution in [-0.2, 0) is 5.60 Å². The first-order valence-corrected chi connectivity index (χ1v) is 9.05. The SMILES string of the molecule is OC1(c2noc(N3CN=C4c5ccccc5-n5cncc5N43)n2)CCCC1. The van der Waals surface area contributed by atoms with Gasteiger partial charge in [-0.3, -0.25) is 4.57 Å². The Labute approximate surface area is 154 Å². The molecule has 1 saturated carbocycles. The van der Waals surface area contributed by atoms with Crippen LogP contribution in [0.1, 0.15) is 37.1 Å². The van der Waals surface area contributed by atoms with E-state index in [2.05, 4.69) is 15.1 Å². The number of aromatic nitrogens is 4. The van der Waals surface area contributed by atoms with Gasteiger partial charge in [-0.2, -0.15) is 4.98 Å². The molecule has 2 aliphatic heterocycles. The van der Waals surface area contributed by atoms with Crippen LogP contribution in [0.15, 0.2) is 46.3 Å². The van der Waals surface area contributed by atoms with Crippen molar-refractivity contribution >= 4 is 17.7 Å². The van der Waals surface area contributed by atoms with Gasteiger partial charge in [0, 0.05) is 5.56 Å². The molecule has 0 spiro atoms. The van der Waals surface area contributed by atoms with E-state index in [0.29, 0.717) is 31.3 Å². The molecular formula is C18H17N7O2. The van der Waals surface area contributed by atoms with Gasteiger partial charge in [0.2, 0.25) is 5.82 Å². The topological polar surface area (TPSA) is 95.8 Å². The molecular weight excluding hydrogens is 346 g/mol. The van der Waals surface area contributed by atoms with E-state index in [0.717, 1.165) is 35.7 Å². The number of hydrazine groups is 1. The van der Waals surface area contributed by atoms with Crippen LogP contribution in [0, 0.1) is 0 Å². The van der Waals surface area contributed by atoms with Crippen molar-refractivity contribution in [3.05, 3.63) is 48.2 Å². The van der Waals surface area contributed by atoms with Crippen molar-refractivity contribution in [1.82, 2.24) is 19.7 Å². The van der Waals surface area contributed by atoms with Gasteiger partial charge in [-0.05, 0) is 37.8 Å². The number of amidine groups is 1. The fourth-order valence-corrected chi connectivity index (χ4v) is 4.15. The molecule has 1 aromatic carbocycles. The van der Waals surface area contributed by atoms with Gasteiger partial charge < -0.3 is 9.63 Å². The number of hydrogen-bond donors (Lipinski definition) is 1. The summed E-state index contributed by atoms with van der Waals surface area (Å²) in [5.74, 6) is 2.02. The second-order valence-electron chi connectivity index (χ2n) is 7.11. The Morgan fingerprint density at radius 3 is 2.89 bits per heavy atom. The number of hydrogen-bond acceptors (Lipinski definition) is 8. The average Bonchev–Trinajstić information content (AvgIpc) is 3.45. The van der Waals surface area contributed by atoms with Crippen molar-refractivity contribution in [1.29, 1.82) is 0 Å². The predicted molar refractivity (Wildman–Crippen MR) is 96.6 cm³/mol. The van der Waals surface area contributed by atoms with E-state index in [-0.39, 0.29) is 0 Å². The molecule has 1 fully saturated rings. The minimum absolute atomic E-state index is 0.316. The lowest BCUT2D eigenvalue weighted by Gasteiger charge is -2.33. The van der Waals surface area contributed by atoms with Crippen molar-refractivity contribution in [2.75, 3.05) is 16.7 Å². The van der Waals surface area contributed by atoms with Crippen LogP contribution in [-0.4, -0.2) is 37.3 Å². The Morgan fingerprint density at radius 1 is 1.15 bits per heavy atom. The zero-order valence-corrected chi connectivity index (χ0v) is 14.5. The molecule has 2 aromatic heterocycles. The van der Waals surface area contributed by atoms with Gasteiger partial charge in [0.1, 0.15) is 18.6 Å². The molecule has 9 nitrogen and oxygen atoms in total. The van der Waals surface area contributed by atoms with Crippen LogP contribution < -0.4 is 10.0 Å². The maximum Gasteiger partial charge on any atom is 0.345 e. The highest BCUT2D eigenvalue weighted by Crippen LogP contribution is 2.39. The third kappa shape index (κ3) is 1.97. The van der Waals surface area contributed by atoms with Crippen LogP contribution in [0.5, 0.6) is 0 Å². The lowest BCUT2D eigenvalue weighted by atomic mass is 10.0. The maximum atomic E-state index is 10.7. The summed E-state index contributed by atoms with van der Waals surface area (Å²) in [4.78, 5) is 13.5. The number of anilines is 2. The molecule has 0 atom stereocenters. The van der Waals surface area contributed by atoms with E-state index in [4.69, 9.17) is 9.52 Å². The third-order valence-electron chi connectivity index (χ3n) is 5.52. The van der Waals surface area contributed by atoms with Crippen LogP contribution >= 0.6 is 0 Å². The van der Waals surface area contributed by atoms with Crippen LogP contribution in [0.4, 0.5) is 11.8 Å². The Bertz CT molecular complexity index is 1060. The normalized spacial score (nSPS) is 19.7. The first kappa shape index (κ1) is 14.9. The van der Waals surface area contributed by atoms with Gasteiger partial charge in [0.25, 0.3) is 0 Å². The molecule has 6 rings (SSSR count). The minimum atomic E-state index is -0.985. The van der Waals surface area contributed by atoms with Gasteiger partial charge in [0.15, 0.2) is 11.7 Å². The quantitative estimate of drug-likeness (QED) is 0.744. The number of nitrogens with zero attached hydrogens (tertiary/aromatic N) is 7. The van der Waals surface area contributed by atoms with Crippen LogP contribution in [0.3, 0.4) is 0 Å². The second kappa shape index (κ2) is 5.17. The summed E-state index contributed by atoms with van der Waals surface area (Å²) >= 11 is 0. The molecule has 0 amide bonds. The summed E-state index contributed by atoms with van der Waals surface area (Å²) in [6.07, 6.45) is 6.83. The van der Waals surface area contributed by atoms with Crippen molar-refractivity contribution in [2.45, 2.75) is 31.3 Å². The van der Waals surface area contributed by atoms with E-state index in [1.54, 1.807) is 12.5 Å². The predicted octanol–water partition coefficient (Wildman–Crippen LogP) is 1.98. The molecule has 4 heterocycles. The summed E-state index contributed by atoms with van der Waals surface area (Å²) < 4.78 is 7.52. The molecule has 0 bridgehead atoms. The number of imidazole rings is 1. The van der Waals surface area contributed by atoms with Gasteiger partial charge in [0.05, 0.1) is 11.9 Å². The number of rotatable bonds is 2. The van der Waals surface area contributed by atoms with Crippen LogP contribution in [0.25, 0.3) is 5.69 Å². The van der Waals surface area contributed by atoms with Crippen molar-refractivity contribution < 1.29 is 9.63 Å². The lowest BCUT2D eigenvalue weighted by Crippen LogP contribution is -2.45. The summed E-state index contributed by atoms with van der Waals surface area (Å²) in [5, 5.41) is 18.6. The van der Waals surface area contributed by atoms with Gasteiger partial charge in [-0.25, -0.2) is 20.0 Å². The summed E-state index contributed by atoms with van der Waals surface area (Å²) in [7, 11) is 0. The average molecular weight is 363 g/mol. The molecule has 1 aliphatic carbocycles. The first-order valence-electron chi connectivity index (χ1n) is 9.05. The smallest absolute Gasteiger partial charge is 0.345 e. The Hall–Kier alpha value is -3.20. The standard InChI is InChI=1S/C18H17N7O2/c26-18(7-3-4-8-18)16-21-17(27-22-16)24-11-20-15-12-5-1-2-6-13(12)23-10-19-9-14(23)25(15)24/h1-2,5-6,9-10,26H,3-4,7-8,11H2. The van der Waals surface area contributed by atoms with Gasteiger partial charge in [-0.15, -0.1) is 0 Å². The third-order valence-corrected chi connectivity index (χ3v) is 5.52. The molecule has 3 aromatic rings. The highest BCUT2D eigenvalue weighted by Gasteiger charge is 2.41. The Kier molecular flexibility index (Phi) is 2.85. The largest absolute Gasteiger partial charge is 0.382 e. The summed E-state index contributed by atoms with van der Waals surface area (Å²) in [6.45, 7) is 0.356. The Morgan fingerprint density at radius 2 is 2.00 bits per heavy atom. The highest BCUT2D eigenvalue weighted by molar-refractivity contribution is 6.16. The van der Waals surface area contributed by atoms with Gasteiger partial charge in [-0.1, -0.05) is 17.3 Å². The van der Waals surface area contributed by atoms with E-state index >= 15 is 0 Å². The van der Waals surface area contributed by atoms with E-state index in [1.165, 1.54) is 0 Å². The molecule has 0 unspecified atom stereocenters. The second-order valence-corrected chi connectivity index (χ2v) is 7.11. The Balaban J connectivity index is 1.42. The highest BCUT2D eigenvalue weighted by atomic mass is 16.5. The molecule has 1 N–H and O–H groups in total. The molecule has 0 radical (unpaired) electrons. The monoisotopic (exact) mass is 363 g/mol. The molecule has 27 heavy (non-hydrogen) atoms. The van der Waals surface area contributed by atoms with Crippen LogP contribution in [0.2, 0.25) is 0 Å². The van der Waals surface area contributed by atoms with E-state index < -0.39 is 5.60 Å². The zero-order valence-electron chi connectivity index (χ0n) is 14.5. The minimum Gasteiger partial charge on any atom is -0.382 e. The number of aliphatic hydroxyl groups is 1. The first-order chi connectivity index (χ1) is 13.2. The molecule has 3 aliphatic rings. The van der Waals surface area contributed by atoms with Crippen molar-refractivity contribution in [3.8, 4) is 5.69 Å². The number of benzene rings is 1. The number of fused-ring (bicyclic) bond motifs is 6. The lowest BCUT2D eigenvalue weighted by molar-refractivity contribution is 0.0328. The van der Waals surface area contributed by atoms with Crippen molar-refractivity contribution in [3.63, 3.8) is 0 Å². The molecule has 0 saturated heterocycles. The molecule has 136 valence electrons. The summed E-state index contributed by atoms with van der Waals surface area (Å²) in [6, 6.07) is 8.39. The van der Waals surface area contributed by atoms with Crippen molar-refractivity contribution in [2.24, 2.45) is 4.99 Å². The summed E-state index contributed by atoms with van der Waals surface area (Å²) in [5.41, 5.74) is 1.06.